The number of ether oxygens (including phenoxy) is 4. The van der Waals surface area contributed by atoms with Gasteiger partial charge in [-0.2, -0.15) is 0 Å². The lowest BCUT2D eigenvalue weighted by Crippen LogP contribution is -2.28. The van der Waals surface area contributed by atoms with Crippen molar-refractivity contribution >= 4 is 0 Å². The monoisotopic (exact) mass is 479 g/mol. The summed E-state index contributed by atoms with van der Waals surface area (Å²) in [6.07, 6.45) is 3.64. The van der Waals surface area contributed by atoms with Gasteiger partial charge in [-0.15, -0.1) is 0 Å². The molecule has 2 atom stereocenters. The zero-order valence-corrected chi connectivity index (χ0v) is 19.9. The van der Waals surface area contributed by atoms with Crippen molar-refractivity contribution in [2.45, 2.75) is 44.8 Å². The summed E-state index contributed by atoms with van der Waals surface area (Å²) >= 11 is 0. The predicted octanol–water partition coefficient (Wildman–Crippen LogP) is 4.07. The zero-order chi connectivity index (χ0) is 24.3. The van der Waals surface area contributed by atoms with Gasteiger partial charge >= 0.3 is 0 Å². The molecule has 3 aromatic rings. The molecule has 35 heavy (non-hydrogen) atoms. The molecule has 0 radical (unpaired) electrons. The number of aliphatic hydroxyl groups excluding tert-OH is 1. The van der Waals surface area contributed by atoms with Crippen molar-refractivity contribution in [1.29, 1.82) is 0 Å². The Morgan fingerprint density at radius 1 is 1.00 bits per heavy atom. The molecule has 1 aromatic heterocycles. The number of benzene rings is 2. The lowest BCUT2D eigenvalue weighted by atomic mass is 10.0. The average molecular weight is 480 g/mol. The van der Waals surface area contributed by atoms with Crippen molar-refractivity contribution in [3.05, 3.63) is 100.0 Å². The first-order valence-electron chi connectivity index (χ1n) is 12.2. The van der Waals surface area contributed by atoms with Crippen LogP contribution in [0.5, 0.6) is 5.75 Å². The summed E-state index contributed by atoms with van der Waals surface area (Å²) in [5, 5.41) is 9.07. The molecule has 2 unspecified atom stereocenters. The Bertz CT molecular complexity index is 1080. The molecule has 1 fully saturated rings. The predicted molar refractivity (Wildman–Crippen MR) is 132 cm³/mol. The fraction of sp³-hybridized carbons (Fsp3) is 0.393. The number of aromatic nitrogens is 1. The quantitative estimate of drug-likeness (QED) is 0.395. The van der Waals surface area contributed by atoms with Gasteiger partial charge in [-0.05, 0) is 30.4 Å². The molecule has 2 heterocycles. The smallest absolute Gasteiger partial charge is 0.223 e. The molecule has 1 aliphatic rings. The lowest BCUT2D eigenvalue weighted by molar-refractivity contribution is -0.183. The Morgan fingerprint density at radius 3 is 2.49 bits per heavy atom. The summed E-state index contributed by atoms with van der Waals surface area (Å²) in [6, 6.07) is 21.1. The van der Waals surface area contributed by atoms with Crippen molar-refractivity contribution in [3.63, 3.8) is 0 Å². The van der Waals surface area contributed by atoms with E-state index in [0.717, 1.165) is 30.4 Å². The molecule has 1 saturated heterocycles. The van der Waals surface area contributed by atoms with Crippen LogP contribution in [0.1, 0.15) is 42.2 Å². The number of rotatable bonds is 12. The van der Waals surface area contributed by atoms with E-state index in [9.17, 15) is 4.79 Å². The van der Waals surface area contributed by atoms with E-state index in [1.54, 1.807) is 6.20 Å². The minimum atomic E-state index is -0.572. The van der Waals surface area contributed by atoms with Crippen LogP contribution in [-0.2, 0) is 27.4 Å². The second-order valence-electron chi connectivity index (χ2n) is 8.42. The third-order valence-electron chi connectivity index (χ3n) is 5.89. The second-order valence-corrected chi connectivity index (χ2v) is 8.42. The van der Waals surface area contributed by atoms with E-state index < -0.39 is 6.10 Å². The van der Waals surface area contributed by atoms with Gasteiger partial charge in [0.1, 0.15) is 12.7 Å². The number of hydrogen-bond acceptors (Lipinski definition) is 6. The Kier molecular flexibility index (Phi) is 9.48. The summed E-state index contributed by atoms with van der Waals surface area (Å²) in [4.78, 5) is 13.1. The van der Waals surface area contributed by atoms with Crippen molar-refractivity contribution in [3.8, 4) is 5.75 Å². The van der Waals surface area contributed by atoms with Crippen LogP contribution < -0.4 is 10.2 Å². The van der Waals surface area contributed by atoms with E-state index in [0.29, 0.717) is 25.5 Å². The van der Waals surface area contributed by atoms with Crippen LogP contribution in [0.15, 0.2) is 77.7 Å². The Morgan fingerprint density at radius 2 is 1.77 bits per heavy atom. The van der Waals surface area contributed by atoms with Crippen LogP contribution in [-0.4, -0.2) is 42.4 Å². The highest BCUT2D eigenvalue weighted by Gasteiger charge is 2.29. The molecule has 0 aliphatic carbocycles. The third-order valence-corrected chi connectivity index (χ3v) is 5.89. The molecule has 1 aliphatic heterocycles. The largest absolute Gasteiger partial charge is 0.483 e. The second kappa shape index (κ2) is 13.2. The van der Waals surface area contributed by atoms with Gasteiger partial charge in [-0.25, -0.2) is 0 Å². The van der Waals surface area contributed by atoms with Crippen LogP contribution in [0.4, 0.5) is 0 Å². The molecule has 0 bridgehead atoms. The highest BCUT2D eigenvalue weighted by Crippen LogP contribution is 2.34. The van der Waals surface area contributed by atoms with Gasteiger partial charge in [0.2, 0.25) is 5.43 Å². The SMILES string of the molecule is O=c1ccn(CCOCCO)c(C(OC2CCCCO2)c2ccccc2)c1OCc1ccccc1. The average Bonchev–Trinajstić information content (AvgIpc) is 2.91. The maximum absolute atomic E-state index is 13.1. The van der Waals surface area contributed by atoms with Crippen LogP contribution in [0, 0.1) is 0 Å². The zero-order valence-electron chi connectivity index (χ0n) is 19.9. The number of pyridine rings is 1. The van der Waals surface area contributed by atoms with Gasteiger partial charge in [-0.1, -0.05) is 60.7 Å². The van der Waals surface area contributed by atoms with E-state index in [1.165, 1.54) is 6.07 Å². The maximum atomic E-state index is 13.1. The van der Waals surface area contributed by atoms with Gasteiger partial charge in [0.05, 0.1) is 25.5 Å². The van der Waals surface area contributed by atoms with E-state index in [4.69, 9.17) is 24.1 Å². The van der Waals surface area contributed by atoms with E-state index in [1.807, 2.05) is 65.2 Å². The first kappa shape index (κ1) is 25.1. The van der Waals surface area contributed by atoms with Crippen molar-refractivity contribution in [2.75, 3.05) is 26.4 Å². The summed E-state index contributed by atoms with van der Waals surface area (Å²) in [5.41, 5.74) is 2.29. The fourth-order valence-electron chi connectivity index (χ4n) is 4.14. The van der Waals surface area contributed by atoms with Crippen molar-refractivity contribution < 1.29 is 24.1 Å². The minimum absolute atomic E-state index is 0.0444. The first-order valence-corrected chi connectivity index (χ1v) is 12.2. The molecule has 7 nitrogen and oxygen atoms in total. The van der Waals surface area contributed by atoms with Crippen LogP contribution in [0.3, 0.4) is 0 Å². The van der Waals surface area contributed by atoms with E-state index >= 15 is 0 Å². The molecule has 0 amide bonds. The molecule has 0 saturated carbocycles. The van der Waals surface area contributed by atoms with Gasteiger partial charge in [-0.3, -0.25) is 4.79 Å². The molecule has 186 valence electrons. The van der Waals surface area contributed by atoms with Gasteiger partial charge in [0.25, 0.3) is 0 Å². The molecule has 0 spiro atoms. The Labute approximate surface area is 205 Å². The van der Waals surface area contributed by atoms with E-state index in [2.05, 4.69) is 0 Å². The normalized spacial score (nSPS) is 16.7. The highest BCUT2D eigenvalue weighted by atomic mass is 16.7. The summed E-state index contributed by atoms with van der Waals surface area (Å²) in [5.74, 6) is 0.253. The Hall–Kier alpha value is -2.97. The summed E-state index contributed by atoms with van der Waals surface area (Å²) in [7, 11) is 0. The molecule has 2 aromatic carbocycles. The van der Waals surface area contributed by atoms with Crippen LogP contribution in [0.2, 0.25) is 0 Å². The number of aliphatic hydroxyl groups is 1. The molecule has 7 heteroatoms. The molecular weight excluding hydrogens is 446 g/mol. The number of hydrogen-bond donors (Lipinski definition) is 1. The van der Waals surface area contributed by atoms with Crippen LogP contribution >= 0.6 is 0 Å². The van der Waals surface area contributed by atoms with Gasteiger partial charge < -0.3 is 28.6 Å². The van der Waals surface area contributed by atoms with Crippen molar-refractivity contribution in [2.24, 2.45) is 0 Å². The number of nitrogens with zero attached hydrogens (tertiary/aromatic N) is 1. The first-order chi connectivity index (χ1) is 17.3. The topological polar surface area (TPSA) is 79.2 Å². The molecule has 4 rings (SSSR count). The highest BCUT2D eigenvalue weighted by molar-refractivity contribution is 5.37. The standard InChI is InChI=1S/C28H33NO6/c30-17-20-32-19-16-29-15-14-24(31)28(34-21-22-9-3-1-4-10-22)26(29)27(23-11-5-2-6-12-23)35-25-13-7-8-18-33-25/h1-6,9-12,14-15,25,27,30H,7-8,13,16-21H2. The molecule has 1 N–H and O–H groups in total. The minimum Gasteiger partial charge on any atom is -0.483 e. The van der Waals surface area contributed by atoms with Gasteiger partial charge in [0, 0.05) is 25.4 Å². The van der Waals surface area contributed by atoms with Crippen molar-refractivity contribution in [1.82, 2.24) is 4.57 Å². The summed E-state index contributed by atoms with van der Waals surface area (Å²) < 4.78 is 26.1. The maximum Gasteiger partial charge on any atom is 0.223 e. The summed E-state index contributed by atoms with van der Waals surface area (Å²) in [6.45, 7) is 1.96. The van der Waals surface area contributed by atoms with Crippen LogP contribution in [0.25, 0.3) is 0 Å². The fourth-order valence-corrected chi connectivity index (χ4v) is 4.14. The van der Waals surface area contributed by atoms with Gasteiger partial charge in [0.15, 0.2) is 12.0 Å². The molecular formula is C28H33NO6. The van der Waals surface area contributed by atoms with E-state index in [-0.39, 0.29) is 37.3 Å². The third kappa shape index (κ3) is 7.02. The lowest BCUT2D eigenvalue weighted by Gasteiger charge is -2.30. The Balaban J connectivity index is 1.73.